The van der Waals surface area contributed by atoms with Crippen LogP contribution in [-0.4, -0.2) is 29.0 Å². The highest BCUT2D eigenvalue weighted by Gasteiger charge is 2.14. The van der Waals surface area contributed by atoms with Crippen LogP contribution in [0.4, 0.5) is 0 Å². The zero-order chi connectivity index (χ0) is 24.2. The molecule has 2 aromatic heterocycles. The monoisotopic (exact) mass is 541 g/mol. The highest BCUT2D eigenvalue weighted by Crippen LogP contribution is 2.30. The first-order chi connectivity index (χ1) is 16.4. The van der Waals surface area contributed by atoms with Gasteiger partial charge in [-0.05, 0) is 55.0 Å². The molecule has 0 saturated heterocycles. The van der Waals surface area contributed by atoms with Crippen LogP contribution in [0.25, 0.3) is 22.2 Å². The molecule has 0 aliphatic rings. The topological polar surface area (TPSA) is 86.7 Å². The maximum Gasteiger partial charge on any atom is 0.337 e. The van der Waals surface area contributed by atoms with Crippen molar-refractivity contribution in [2.75, 3.05) is 7.11 Å². The molecule has 0 unspecified atom stereocenters. The largest absolute Gasteiger partial charge is 0.465 e. The number of benzene rings is 2. The van der Waals surface area contributed by atoms with Crippen LogP contribution in [0.1, 0.15) is 41.7 Å². The maximum absolute atomic E-state index is 13.2. The van der Waals surface area contributed by atoms with Gasteiger partial charge in [0.1, 0.15) is 17.3 Å². The predicted molar refractivity (Wildman–Crippen MR) is 136 cm³/mol. The van der Waals surface area contributed by atoms with E-state index in [2.05, 4.69) is 32.9 Å². The zero-order valence-electron chi connectivity index (χ0n) is 18.5. The SMILES string of the molecule is CCCCc1nc2ccc(Br)cc2c(=O)n1N=Cc1ccc(-c2cc(C(=O)OC)ccc2Cl)o1. The van der Waals surface area contributed by atoms with Gasteiger partial charge in [-0.2, -0.15) is 9.78 Å². The normalized spacial score (nSPS) is 11.4. The number of ether oxygens (including phenoxy) is 1. The lowest BCUT2D eigenvalue weighted by molar-refractivity contribution is 0.0601. The number of rotatable bonds is 7. The second kappa shape index (κ2) is 10.4. The number of hydrogen-bond donors (Lipinski definition) is 0. The molecule has 2 heterocycles. The quantitative estimate of drug-likeness (QED) is 0.208. The van der Waals surface area contributed by atoms with E-state index >= 15 is 0 Å². The molecule has 0 aliphatic heterocycles. The maximum atomic E-state index is 13.2. The molecule has 0 saturated carbocycles. The van der Waals surface area contributed by atoms with Crippen LogP contribution in [0.5, 0.6) is 0 Å². The number of aromatic nitrogens is 2. The van der Waals surface area contributed by atoms with Gasteiger partial charge in [0, 0.05) is 16.5 Å². The summed E-state index contributed by atoms with van der Waals surface area (Å²) in [4.78, 5) is 29.7. The first-order valence-electron chi connectivity index (χ1n) is 10.6. The molecular weight excluding hydrogens is 522 g/mol. The average Bonchev–Trinajstić information content (AvgIpc) is 3.31. The summed E-state index contributed by atoms with van der Waals surface area (Å²) >= 11 is 9.72. The van der Waals surface area contributed by atoms with Crippen molar-refractivity contribution in [1.29, 1.82) is 0 Å². The smallest absolute Gasteiger partial charge is 0.337 e. The van der Waals surface area contributed by atoms with Crippen LogP contribution in [0.2, 0.25) is 5.02 Å². The molecule has 0 fully saturated rings. The van der Waals surface area contributed by atoms with E-state index in [1.807, 2.05) is 12.1 Å². The van der Waals surface area contributed by atoms with Gasteiger partial charge >= 0.3 is 5.97 Å². The Labute approximate surface area is 209 Å². The van der Waals surface area contributed by atoms with E-state index in [9.17, 15) is 9.59 Å². The van der Waals surface area contributed by atoms with Gasteiger partial charge < -0.3 is 9.15 Å². The van der Waals surface area contributed by atoms with Gasteiger partial charge in [-0.1, -0.05) is 40.9 Å². The Kier molecular flexibility index (Phi) is 7.29. The molecule has 0 N–H and O–H groups in total. The minimum Gasteiger partial charge on any atom is -0.465 e. The van der Waals surface area contributed by atoms with E-state index in [0.717, 1.165) is 17.3 Å². The van der Waals surface area contributed by atoms with Crippen molar-refractivity contribution in [3.8, 4) is 11.3 Å². The van der Waals surface area contributed by atoms with Crippen molar-refractivity contribution < 1.29 is 13.9 Å². The second-order valence-electron chi connectivity index (χ2n) is 7.54. The average molecular weight is 543 g/mol. The number of carbonyl (C=O) groups is 1. The zero-order valence-corrected chi connectivity index (χ0v) is 20.9. The fourth-order valence-corrected chi connectivity index (χ4v) is 4.02. The van der Waals surface area contributed by atoms with E-state index in [1.165, 1.54) is 18.0 Å². The Morgan fingerprint density at radius 3 is 2.82 bits per heavy atom. The number of furan rings is 1. The third-order valence-electron chi connectivity index (χ3n) is 5.21. The number of fused-ring (bicyclic) bond motifs is 1. The molecule has 0 bridgehead atoms. The van der Waals surface area contributed by atoms with Crippen molar-refractivity contribution in [2.45, 2.75) is 26.2 Å². The lowest BCUT2D eigenvalue weighted by Crippen LogP contribution is -2.22. The first-order valence-corrected chi connectivity index (χ1v) is 11.8. The van der Waals surface area contributed by atoms with Gasteiger partial charge in [0.2, 0.25) is 0 Å². The van der Waals surface area contributed by atoms with Crippen molar-refractivity contribution in [3.63, 3.8) is 0 Å². The van der Waals surface area contributed by atoms with Crippen LogP contribution < -0.4 is 5.56 Å². The van der Waals surface area contributed by atoms with Crippen LogP contribution in [-0.2, 0) is 11.2 Å². The standard InChI is InChI=1S/C25H21BrClN3O4/c1-3-4-5-23-29-21-10-7-16(26)13-19(21)24(31)30(23)28-14-17-8-11-22(34-17)18-12-15(25(32)33-2)6-9-20(18)27/h6-14H,3-5H2,1-2H3. The molecule has 2 aromatic carbocycles. The molecule has 34 heavy (non-hydrogen) atoms. The van der Waals surface area contributed by atoms with E-state index in [0.29, 0.717) is 50.8 Å². The van der Waals surface area contributed by atoms with Crippen LogP contribution in [0.3, 0.4) is 0 Å². The number of halogens is 2. The van der Waals surface area contributed by atoms with E-state index in [1.54, 1.807) is 36.4 Å². The molecule has 0 amide bonds. The van der Waals surface area contributed by atoms with Crippen molar-refractivity contribution in [2.24, 2.45) is 5.10 Å². The van der Waals surface area contributed by atoms with Gasteiger partial charge in [-0.15, -0.1) is 0 Å². The fourth-order valence-electron chi connectivity index (χ4n) is 3.45. The molecule has 4 rings (SSSR count). The lowest BCUT2D eigenvalue weighted by atomic mass is 10.1. The number of aryl methyl sites for hydroxylation is 1. The minimum absolute atomic E-state index is 0.255. The van der Waals surface area contributed by atoms with Gasteiger partial charge in [0.15, 0.2) is 0 Å². The summed E-state index contributed by atoms with van der Waals surface area (Å²) in [7, 11) is 1.31. The second-order valence-corrected chi connectivity index (χ2v) is 8.87. The number of carbonyl (C=O) groups excluding carboxylic acids is 1. The van der Waals surface area contributed by atoms with Crippen LogP contribution in [0.15, 0.2) is 67.3 Å². The van der Waals surface area contributed by atoms with Gasteiger partial charge in [0.05, 0.1) is 34.8 Å². The van der Waals surface area contributed by atoms with Crippen LogP contribution >= 0.6 is 27.5 Å². The number of esters is 1. The molecule has 4 aromatic rings. The van der Waals surface area contributed by atoms with E-state index in [4.69, 9.17) is 20.8 Å². The third-order valence-corrected chi connectivity index (χ3v) is 6.03. The summed E-state index contributed by atoms with van der Waals surface area (Å²) in [5.74, 6) is 0.979. The van der Waals surface area contributed by atoms with Gasteiger partial charge in [-0.25, -0.2) is 9.78 Å². The number of nitrogens with zero attached hydrogens (tertiary/aromatic N) is 3. The molecule has 0 atom stereocenters. The molecular formula is C25H21BrClN3O4. The highest BCUT2D eigenvalue weighted by atomic mass is 79.9. The van der Waals surface area contributed by atoms with Gasteiger partial charge in [0.25, 0.3) is 5.56 Å². The Morgan fingerprint density at radius 1 is 1.24 bits per heavy atom. The summed E-state index contributed by atoms with van der Waals surface area (Å²) in [6, 6.07) is 13.6. The van der Waals surface area contributed by atoms with Crippen molar-refractivity contribution in [1.82, 2.24) is 9.66 Å². The number of hydrogen-bond acceptors (Lipinski definition) is 6. The summed E-state index contributed by atoms with van der Waals surface area (Å²) < 4.78 is 12.8. The molecule has 0 radical (unpaired) electrons. The number of methoxy groups -OCH3 is 1. The lowest BCUT2D eigenvalue weighted by Gasteiger charge is -2.09. The fraction of sp³-hybridized carbons (Fsp3) is 0.200. The highest BCUT2D eigenvalue weighted by molar-refractivity contribution is 9.10. The Hall–Kier alpha value is -3.23. The van der Waals surface area contributed by atoms with Crippen LogP contribution in [0, 0.1) is 0 Å². The Balaban J connectivity index is 1.71. The molecule has 9 heteroatoms. The summed E-state index contributed by atoms with van der Waals surface area (Å²) in [5, 5.41) is 5.29. The first kappa shape index (κ1) is 23.9. The van der Waals surface area contributed by atoms with Crippen molar-refractivity contribution in [3.05, 3.63) is 85.5 Å². The van der Waals surface area contributed by atoms with Crippen molar-refractivity contribution >= 4 is 50.6 Å². The Morgan fingerprint density at radius 2 is 2.06 bits per heavy atom. The summed E-state index contributed by atoms with van der Waals surface area (Å²) in [5.41, 5.74) is 1.27. The summed E-state index contributed by atoms with van der Waals surface area (Å²) in [6.07, 6.45) is 3.92. The van der Waals surface area contributed by atoms with Gasteiger partial charge in [-0.3, -0.25) is 4.79 Å². The number of unbranched alkanes of at least 4 members (excludes halogenated alkanes) is 1. The molecule has 174 valence electrons. The molecule has 0 aliphatic carbocycles. The minimum atomic E-state index is -0.472. The molecule has 7 nitrogen and oxygen atoms in total. The summed E-state index contributed by atoms with van der Waals surface area (Å²) in [6.45, 7) is 2.08. The third kappa shape index (κ3) is 4.98. The molecule has 0 spiro atoms. The van der Waals surface area contributed by atoms with E-state index < -0.39 is 5.97 Å². The van der Waals surface area contributed by atoms with E-state index in [-0.39, 0.29) is 5.56 Å². The predicted octanol–water partition coefficient (Wildman–Crippen LogP) is 6.08. The Bertz CT molecular complexity index is 1460.